The van der Waals surface area contributed by atoms with E-state index < -0.39 is 0 Å². The van der Waals surface area contributed by atoms with Gasteiger partial charge in [0.2, 0.25) is 5.88 Å². The molecule has 0 saturated carbocycles. The lowest BCUT2D eigenvalue weighted by atomic mass is 9.97. The van der Waals surface area contributed by atoms with E-state index in [1.54, 1.807) is 19.2 Å². The number of allylic oxidation sites excluding steroid dienone is 1. The number of methoxy groups -OCH3 is 2. The molecule has 24 heavy (non-hydrogen) atoms. The van der Waals surface area contributed by atoms with Crippen LogP contribution in [0, 0.1) is 0 Å². The first-order valence-electron chi connectivity index (χ1n) is 7.63. The highest BCUT2D eigenvalue weighted by Gasteiger charge is 2.15. The Bertz CT molecular complexity index is 795. The molecule has 5 nitrogen and oxygen atoms in total. The number of aromatic nitrogens is 1. The molecular weight excluding hydrogens is 304 g/mol. The molecule has 0 radical (unpaired) electrons. The summed E-state index contributed by atoms with van der Waals surface area (Å²) < 4.78 is 9.91. The van der Waals surface area contributed by atoms with Gasteiger partial charge in [-0.2, -0.15) is 0 Å². The van der Waals surface area contributed by atoms with Gasteiger partial charge in [-0.15, -0.1) is 0 Å². The number of hydrogen-bond acceptors (Lipinski definition) is 5. The third-order valence-corrected chi connectivity index (χ3v) is 3.87. The average molecular weight is 322 g/mol. The highest BCUT2D eigenvalue weighted by atomic mass is 16.5. The molecule has 2 aromatic rings. The van der Waals surface area contributed by atoms with E-state index in [1.807, 2.05) is 36.5 Å². The van der Waals surface area contributed by atoms with Crippen LogP contribution in [-0.2, 0) is 4.74 Å². The van der Waals surface area contributed by atoms with E-state index in [-0.39, 0.29) is 12.0 Å². The second-order valence-electron chi connectivity index (χ2n) is 5.35. The van der Waals surface area contributed by atoms with Gasteiger partial charge < -0.3 is 9.47 Å². The summed E-state index contributed by atoms with van der Waals surface area (Å²) in [7, 11) is 2.98. The fourth-order valence-corrected chi connectivity index (χ4v) is 2.58. The minimum Gasteiger partial charge on any atom is -0.481 e. The zero-order valence-corrected chi connectivity index (χ0v) is 13.6. The van der Waals surface area contributed by atoms with Crippen molar-refractivity contribution in [2.45, 2.75) is 12.5 Å². The molecule has 0 aliphatic carbocycles. The van der Waals surface area contributed by atoms with Crippen molar-refractivity contribution in [1.82, 2.24) is 4.98 Å². The molecule has 3 rings (SSSR count). The van der Waals surface area contributed by atoms with Crippen molar-refractivity contribution in [2.75, 3.05) is 14.2 Å². The van der Waals surface area contributed by atoms with Crippen LogP contribution < -0.4 is 4.74 Å². The molecule has 0 bridgehead atoms. The Morgan fingerprint density at radius 1 is 1.12 bits per heavy atom. The summed E-state index contributed by atoms with van der Waals surface area (Å²) in [5, 5.41) is 0. The van der Waals surface area contributed by atoms with Crippen molar-refractivity contribution >= 4 is 17.8 Å². The Kier molecular flexibility index (Phi) is 4.70. The average Bonchev–Trinajstić information content (AvgIpc) is 2.67. The fourth-order valence-electron chi connectivity index (χ4n) is 2.58. The van der Waals surface area contributed by atoms with E-state index in [0.29, 0.717) is 11.4 Å². The highest BCUT2D eigenvalue weighted by Crippen LogP contribution is 2.29. The molecule has 0 fully saturated rings. The van der Waals surface area contributed by atoms with Gasteiger partial charge in [-0.3, -0.25) is 4.99 Å². The number of benzene rings is 1. The van der Waals surface area contributed by atoms with Gasteiger partial charge in [0.15, 0.2) is 0 Å². The zero-order valence-electron chi connectivity index (χ0n) is 13.6. The Morgan fingerprint density at radius 3 is 2.62 bits per heavy atom. The molecule has 0 spiro atoms. The smallest absolute Gasteiger partial charge is 0.337 e. The fraction of sp³-hybridized carbons (Fsp3) is 0.211. The van der Waals surface area contributed by atoms with Crippen LogP contribution in [0.1, 0.15) is 34.1 Å². The van der Waals surface area contributed by atoms with Crippen LogP contribution in [0.2, 0.25) is 0 Å². The largest absolute Gasteiger partial charge is 0.481 e. The van der Waals surface area contributed by atoms with Gasteiger partial charge >= 0.3 is 5.97 Å². The first kappa shape index (κ1) is 15.9. The number of esters is 1. The Hall–Kier alpha value is -2.95. The Labute approximate surface area is 140 Å². The molecule has 0 N–H and O–H groups in total. The molecule has 1 aromatic heterocycles. The molecule has 0 amide bonds. The summed E-state index contributed by atoms with van der Waals surface area (Å²) >= 11 is 0. The normalized spacial score (nSPS) is 16.4. The van der Waals surface area contributed by atoms with Crippen LogP contribution in [-0.4, -0.2) is 31.4 Å². The number of rotatable bonds is 4. The quantitative estimate of drug-likeness (QED) is 0.809. The van der Waals surface area contributed by atoms with Crippen LogP contribution in [0.15, 0.2) is 53.5 Å². The van der Waals surface area contributed by atoms with Gasteiger partial charge in [0, 0.05) is 18.7 Å². The van der Waals surface area contributed by atoms with Crippen molar-refractivity contribution in [3.63, 3.8) is 0 Å². The van der Waals surface area contributed by atoms with E-state index >= 15 is 0 Å². The van der Waals surface area contributed by atoms with Crippen molar-refractivity contribution in [3.8, 4) is 5.88 Å². The SMILES string of the molecule is COC(=O)c1ccc([C@@H]2C=C(c3cccc(OC)n3)CC=N2)cc1. The number of pyridine rings is 1. The highest BCUT2D eigenvalue weighted by molar-refractivity contribution is 5.89. The minimum absolute atomic E-state index is 0.0894. The minimum atomic E-state index is -0.342. The summed E-state index contributed by atoms with van der Waals surface area (Å²) in [5.74, 6) is 0.250. The van der Waals surface area contributed by atoms with Gasteiger partial charge in [-0.05, 0) is 35.4 Å². The lowest BCUT2D eigenvalue weighted by Crippen LogP contribution is -2.04. The second-order valence-corrected chi connectivity index (χ2v) is 5.35. The maximum atomic E-state index is 11.5. The first-order valence-corrected chi connectivity index (χ1v) is 7.63. The number of carbonyl (C=O) groups is 1. The van der Waals surface area contributed by atoms with Crippen molar-refractivity contribution in [2.24, 2.45) is 4.99 Å². The first-order chi connectivity index (χ1) is 11.7. The second kappa shape index (κ2) is 7.08. The third-order valence-electron chi connectivity index (χ3n) is 3.87. The van der Waals surface area contributed by atoms with Crippen LogP contribution in [0.5, 0.6) is 5.88 Å². The molecule has 0 saturated heterocycles. The number of carbonyl (C=O) groups excluding carboxylic acids is 1. The van der Waals surface area contributed by atoms with E-state index in [0.717, 1.165) is 23.3 Å². The molecule has 1 atom stereocenters. The number of dihydropyridines is 1. The van der Waals surface area contributed by atoms with Crippen LogP contribution in [0.25, 0.3) is 5.57 Å². The number of ether oxygens (including phenoxy) is 2. The van der Waals surface area contributed by atoms with Gasteiger partial charge in [0.1, 0.15) is 0 Å². The molecule has 0 unspecified atom stereocenters. The molecular formula is C19H18N2O3. The van der Waals surface area contributed by atoms with Crippen LogP contribution >= 0.6 is 0 Å². The predicted molar refractivity (Wildman–Crippen MR) is 92.4 cm³/mol. The molecule has 2 heterocycles. The standard InChI is InChI=1S/C19H18N2O3/c1-23-18-5-3-4-16(21-18)15-10-11-20-17(12-15)13-6-8-14(9-7-13)19(22)24-2/h3-9,11-12,17H,10H2,1-2H3/t17-/m0/s1. The summed E-state index contributed by atoms with van der Waals surface area (Å²) in [6, 6.07) is 12.9. The molecule has 5 heteroatoms. The summed E-state index contributed by atoms with van der Waals surface area (Å²) in [4.78, 5) is 20.5. The van der Waals surface area contributed by atoms with E-state index in [1.165, 1.54) is 7.11 Å². The number of hydrogen-bond donors (Lipinski definition) is 0. The summed E-state index contributed by atoms with van der Waals surface area (Å²) in [6.45, 7) is 0. The number of nitrogens with zero attached hydrogens (tertiary/aromatic N) is 2. The lowest BCUT2D eigenvalue weighted by molar-refractivity contribution is 0.0600. The van der Waals surface area contributed by atoms with Crippen molar-refractivity contribution in [3.05, 3.63) is 65.4 Å². The summed E-state index contributed by atoms with van der Waals surface area (Å²) in [5.41, 5.74) is 3.53. The topological polar surface area (TPSA) is 60.8 Å². The monoisotopic (exact) mass is 322 g/mol. The lowest BCUT2D eigenvalue weighted by Gasteiger charge is -2.16. The van der Waals surface area contributed by atoms with E-state index in [2.05, 4.69) is 16.1 Å². The van der Waals surface area contributed by atoms with Crippen molar-refractivity contribution in [1.29, 1.82) is 0 Å². The predicted octanol–water partition coefficient (Wildman–Crippen LogP) is 3.48. The summed E-state index contributed by atoms with van der Waals surface area (Å²) in [6.07, 6.45) is 4.72. The van der Waals surface area contributed by atoms with Crippen LogP contribution in [0.3, 0.4) is 0 Å². The zero-order chi connectivity index (χ0) is 16.9. The van der Waals surface area contributed by atoms with Crippen LogP contribution in [0.4, 0.5) is 0 Å². The molecule has 1 aliphatic heterocycles. The molecule has 1 aromatic carbocycles. The number of aliphatic imine (C=N–C) groups is 1. The van der Waals surface area contributed by atoms with E-state index in [9.17, 15) is 4.79 Å². The maximum Gasteiger partial charge on any atom is 0.337 e. The maximum absolute atomic E-state index is 11.5. The van der Waals surface area contributed by atoms with Gasteiger partial charge in [-0.25, -0.2) is 9.78 Å². The van der Waals surface area contributed by atoms with Gasteiger partial charge in [0.25, 0.3) is 0 Å². The Balaban J connectivity index is 1.86. The van der Waals surface area contributed by atoms with Gasteiger partial charge in [0.05, 0.1) is 31.5 Å². The van der Waals surface area contributed by atoms with Crippen molar-refractivity contribution < 1.29 is 14.3 Å². The third kappa shape index (κ3) is 3.35. The molecule has 122 valence electrons. The molecule has 1 aliphatic rings. The van der Waals surface area contributed by atoms with E-state index in [4.69, 9.17) is 9.47 Å². The Morgan fingerprint density at radius 2 is 1.92 bits per heavy atom. The van der Waals surface area contributed by atoms with Gasteiger partial charge in [-0.1, -0.05) is 18.2 Å².